The first-order chi connectivity index (χ1) is 17.0. The van der Waals surface area contributed by atoms with Gasteiger partial charge in [0.2, 0.25) is 17.7 Å². The van der Waals surface area contributed by atoms with Crippen LogP contribution in [0, 0.1) is 0 Å². The number of hydrogen-bond acceptors (Lipinski definition) is 9. The molecule has 0 aliphatic heterocycles. The molecule has 0 radical (unpaired) electrons. The molecule has 0 bridgehead atoms. The standard InChI is InChI=1S/C22H32N4O9S/c1-36-9-8-15(20(32)26-17(11-27)22(34)35)24-21(33)16(10-12-2-4-13(28)5-3-12)25-19(31)14(23)6-7-18(29)30/h2-5,14-17,27-28H,6-11,23H2,1H3,(H,24,33)(H,25,31)(H,26,32)(H,29,30)(H,34,35). The summed E-state index contributed by atoms with van der Waals surface area (Å²) in [5, 5.41) is 43.7. The molecular formula is C22H32N4O9S. The highest BCUT2D eigenvalue weighted by Gasteiger charge is 2.30. The van der Waals surface area contributed by atoms with E-state index in [-0.39, 0.29) is 31.4 Å². The lowest BCUT2D eigenvalue weighted by atomic mass is 10.0. The molecule has 9 N–H and O–H groups in total. The summed E-state index contributed by atoms with van der Waals surface area (Å²) in [7, 11) is 0. The summed E-state index contributed by atoms with van der Waals surface area (Å²) in [5.74, 6) is -4.53. The zero-order valence-corrected chi connectivity index (χ0v) is 20.5. The van der Waals surface area contributed by atoms with Crippen LogP contribution >= 0.6 is 11.8 Å². The van der Waals surface area contributed by atoms with Crippen molar-refractivity contribution in [1.29, 1.82) is 0 Å². The predicted molar refractivity (Wildman–Crippen MR) is 130 cm³/mol. The highest BCUT2D eigenvalue weighted by molar-refractivity contribution is 7.98. The molecule has 36 heavy (non-hydrogen) atoms. The van der Waals surface area contributed by atoms with Gasteiger partial charge in [0.05, 0.1) is 12.6 Å². The fourth-order valence-electron chi connectivity index (χ4n) is 3.00. The van der Waals surface area contributed by atoms with E-state index in [1.165, 1.54) is 36.0 Å². The Hall–Kier alpha value is -3.36. The first-order valence-electron chi connectivity index (χ1n) is 11.0. The van der Waals surface area contributed by atoms with Gasteiger partial charge in [-0.3, -0.25) is 19.2 Å². The number of carbonyl (C=O) groups is 5. The van der Waals surface area contributed by atoms with Gasteiger partial charge in [0.25, 0.3) is 0 Å². The smallest absolute Gasteiger partial charge is 0.328 e. The maximum atomic E-state index is 13.1. The molecule has 0 spiro atoms. The summed E-state index contributed by atoms with van der Waals surface area (Å²) < 4.78 is 0. The number of aliphatic hydroxyl groups is 1. The molecule has 0 fully saturated rings. The first-order valence-corrected chi connectivity index (χ1v) is 12.4. The normalized spacial score (nSPS) is 14.1. The fraction of sp³-hybridized carbons (Fsp3) is 0.500. The number of thioether (sulfide) groups is 1. The average molecular weight is 529 g/mol. The van der Waals surface area contributed by atoms with Crippen molar-refractivity contribution in [2.24, 2.45) is 5.73 Å². The topological polar surface area (TPSA) is 228 Å². The summed E-state index contributed by atoms with van der Waals surface area (Å²) in [4.78, 5) is 60.3. The molecule has 0 saturated heterocycles. The molecule has 0 heterocycles. The summed E-state index contributed by atoms with van der Waals surface area (Å²) in [6, 6.07) is 0.680. The zero-order chi connectivity index (χ0) is 27.3. The zero-order valence-electron chi connectivity index (χ0n) is 19.7. The molecule has 200 valence electrons. The van der Waals surface area contributed by atoms with Gasteiger partial charge in [-0.25, -0.2) is 4.79 Å². The molecule has 13 nitrogen and oxygen atoms in total. The Morgan fingerprint density at radius 2 is 1.44 bits per heavy atom. The second-order valence-electron chi connectivity index (χ2n) is 7.90. The van der Waals surface area contributed by atoms with Crippen molar-refractivity contribution in [2.45, 2.75) is 49.9 Å². The second-order valence-corrected chi connectivity index (χ2v) is 8.88. The van der Waals surface area contributed by atoms with E-state index in [4.69, 9.17) is 15.9 Å². The van der Waals surface area contributed by atoms with Gasteiger partial charge in [0.1, 0.15) is 23.9 Å². The van der Waals surface area contributed by atoms with Gasteiger partial charge in [-0.05, 0) is 42.5 Å². The third-order valence-electron chi connectivity index (χ3n) is 5.06. The van der Waals surface area contributed by atoms with Crippen molar-refractivity contribution in [1.82, 2.24) is 16.0 Å². The molecule has 0 aromatic heterocycles. The highest BCUT2D eigenvalue weighted by Crippen LogP contribution is 2.12. The number of aromatic hydroxyl groups is 1. The summed E-state index contributed by atoms with van der Waals surface area (Å²) in [5.41, 5.74) is 6.31. The molecular weight excluding hydrogens is 496 g/mol. The lowest BCUT2D eigenvalue weighted by molar-refractivity contribution is -0.143. The van der Waals surface area contributed by atoms with E-state index in [2.05, 4.69) is 16.0 Å². The minimum absolute atomic E-state index is 0.00912. The van der Waals surface area contributed by atoms with Crippen molar-refractivity contribution in [2.75, 3.05) is 18.6 Å². The van der Waals surface area contributed by atoms with E-state index in [0.717, 1.165) is 0 Å². The van der Waals surface area contributed by atoms with Crippen molar-refractivity contribution < 1.29 is 44.4 Å². The number of aliphatic carboxylic acids is 2. The largest absolute Gasteiger partial charge is 0.508 e. The number of nitrogens with two attached hydrogens (primary N) is 1. The third-order valence-corrected chi connectivity index (χ3v) is 5.70. The Bertz CT molecular complexity index is 913. The van der Waals surface area contributed by atoms with Gasteiger partial charge in [-0.1, -0.05) is 12.1 Å². The van der Waals surface area contributed by atoms with Gasteiger partial charge in [0.15, 0.2) is 0 Å². The van der Waals surface area contributed by atoms with Gasteiger partial charge in [0, 0.05) is 12.8 Å². The number of phenols is 1. The van der Waals surface area contributed by atoms with Gasteiger partial charge < -0.3 is 42.1 Å². The number of rotatable bonds is 16. The van der Waals surface area contributed by atoms with Crippen LogP contribution in [0.1, 0.15) is 24.8 Å². The highest BCUT2D eigenvalue weighted by atomic mass is 32.2. The van der Waals surface area contributed by atoms with Crippen LogP contribution in [0.4, 0.5) is 0 Å². The minimum Gasteiger partial charge on any atom is -0.508 e. The van der Waals surface area contributed by atoms with Crippen LogP contribution in [0.2, 0.25) is 0 Å². The number of carboxylic acids is 2. The summed E-state index contributed by atoms with van der Waals surface area (Å²) in [6.07, 6.45) is 1.35. The van der Waals surface area contributed by atoms with E-state index >= 15 is 0 Å². The molecule has 4 unspecified atom stereocenters. The maximum absolute atomic E-state index is 13.1. The molecule has 1 aromatic carbocycles. The number of carbonyl (C=O) groups excluding carboxylic acids is 3. The second kappa shape index (κ2) is 15.6. The van der Waals surface area contributed by atoms with Crippen LogP contribution in [0.25, 0.3) is 0 Å². The number of carboxylic acid groups (broad SMARTS) is 2. The Kier molecular flexibility index (Phi) is 13.3. The van der Waals surface area contributed by atoms with E-state index in [0.29, 0.717) is 11.3 Å². The maximum Gasteiger partial charge on any atom is 0.328 e. The fourth-order valence-corrected chi connectivity index (χ4v) is 3.47. The molecule has 0 saturated carbocycles. The number of benzene rings is 1. The van der Waals surface area contributed by atoms with Crippen LogP contribution < -0.4 is 21.7 Å². The molecule has 0 aliphatic rings. The third kappa shape index (κ3) is 10.9. The SMILES string of the molecule is CSCCC(NC(=O)C(Cc1ccc(O)cc1)NC(=O)C(N)CCC(=O)O)C(=O)NC(CO)C(=O)O. The predicted octanol–water partition coefficient (Wildman–Crippen LogP) is -1.59. The number of amides is 3. The van der Waals surface area contributed by atoms with Gasteiger partial charge >= 0.3 is 11.9 Å². The van der Waals surface area contributed by atoms with Crippen LogP contribution in [0.5, 0.6) is 5.75 Å². The van der Waals surface area contributed by atoms with Crippen molar-refractivity contribution in [3.05, 3.63) is 29.8 Å². The average Bonchev–Trinajstić information content (AvgIpc) is 2.83. The molecule has 3 amide bonds. The summed E-state index contributed by atoms with van der Waals surface area (Å²) >= 11 is 1.39. The summed E-state index contributed by atoms with van der Waals surface area (Å²) in [6.45, 7) is -0.849. The van der Waals surface area contributed by atoms with E-state index in [1.54, 1.807) is 6.26 Å². The molecule has 0 aliphatic carbocycles. The minimum atomic E-state index is -1.56. The lowest BCUT2D eigenvalue weighted by Crippen LogP contribution is -2.58. The monoisotopic (exact) mass is 528 g/mol. The quantitative estimate of drug-likeness (QED) is 0.122. The van der Waals surface area contributed by atoms with Crippen LogP contribution in [-0.4, -0.2) is 92.9 Å². The number of nitrogens with one attached hydrogen (secondary N) is 3. The molecule has 14 heteroatoms. The Morgan fingerprint density at radius 1 is 0.889 bits per heavy atom. The molecule has 4 atom stereocenters. The van der Waals surface area contributed by atoms with Crippen LogP contribution in [-0.2, 0) is 30.4 Å². The van der Waals surface area contributed by atoms with Gasteiger partial charge in [-0.2, -0.15) is 11.8 Å². The van der Waals surface area contributed by atoms with Crippen molar-refractivity contribution >= 4 is 41.4 Å². The van der Waals surface area contributed by atoms with E-state index in [9.17, 15) is 34.2 Å². The Morgan fingerprint density at radius 3 is 1.97 bits per heavy atom. The number of hydrogen-bond donors (Lipinski definition) is 8. The first kappa shape index (κ1) is 30.7. The number of aliphatic hydroxyl groups excluding tert-OH is 1. The Labute approximate surface area is 211 Å². The van der Waals surface area contributed by atoms with E-state index < -0.39 is 60.4 Å². The molecule has 1 aromatic rings. The van der Waals surface area contributed by atoms with E-state index in [1.807, 2.05) is 0 Å². The van der Waals surface area contributed by atoms with Gasteiger partial charge in [-0.15, -0.1) is 0 Å². The van der Waals surface area contributed by atoms with Crippen LogP contribution in [0.3, 0.4) is 0 Å². The number of phenolic OH excluding ortho intramolecular Hbond substituents is 1. The molecule has 1 rings (SSSR count). The Balaban J connectivity index is 3.08. The van der Waals surface area contributed by atoms with Crippen LogP contribution in [0.15, 0.2) is 24.3 Å². The van der Waals surface area contributed by atoms with Crippen molar-refractivity contribution in [3.63, 3.8) is 0 Å². The van der Waals surface area contributed by atoms with Crippen molar-refractivity contribution in [3.8, 4) is 5.75 Å². The lowest BCUT2D eigenvalue weighted by Gasteiger charge is -2.25.